The minimum absolute atomic E-state index is 0.303. The van der Waals surface area contributed by atoms with Crippen molar-refractivity contribution in [3.63, 3.8) is 0 Å². The second-order valence-corrected chi connectivity index (χ2v) is 6.38. The molecule has 1 rings (SSSR count). The van der Waals surface area contributed by atoms with E-state index in [0.29, 0.717) is 10.6 Å². The lowest BCUT2D eigenvalue weighted by atomic mass is 10.0. The van der Waals surface area contributed by atoms with E-state index in [1.807, 2.05) is 0 Å². The van der Waals surface area contributed by atoms with Crippen LogP contribution in [0.1, 0.15) is 11.2 Å². The van der Waals surface area contributed by atoms with Crippen molar-refractivity contribution in [2.24, 2.45) is 5.92 Å². The summed E-state index contributed by atoms with van der Waals surface area (Å²) in [5.41, 5.74) is -0.657. The predicted molar refractivity (Wildman–Crippen MR) is 70.5 cm³/mol. The number of rotatable bonds is 5. The van der Waals surface area contributed by atoms with Crippen molar-refractivity contribution < 1.29 is 13.6 Å². The lowest BCUT2D eigenvalue weighted by molar-refractivity contribution is 0.262. The van der Waals surface area contributed by atoms with Crippen molar-refractivity contribution >= 4 is 19.2 Å². The smallest absolute Gasteiger partial charge is 0.311 e. The Morgan fingerprint density at radius 2 is 1.74 bits per heavy atom. The van der Waals surface area contributed by atoms with Crippen LogP contribution in [0.4, 0.5) is 0 Å². The molecule has 0 radical (unpaired) electrons. The minimum atomic E-state index is -3.66. The van der Waals surface area contributed by atoms with E-state index in [4.69, 9.17) is 31.2 Å². The molecule has 0 aliphatic heterocycles. The fourth-order valence-corrected chi connectivity index (χ4v) is 3.72. The predicted octanol–water partition coefficient (Wildman–Crippen LogP) is 3.53. The first-order valence-corrected chi connectivity index (χ1v) is 7.28. The standard InChI is InChI=1S/C12H12ClN2O3P/c1-17-19(16,18-2)12(9(7-14)8-15)10-5-3-4-6-11(10)13/h3-6,9,12H,1-2H3/t12-/m1/s1. The lowest BCUT2D eigenvalue weighted by Crippen LogP contribution is -2.13. The molecule has 0 aliphatic rings. The maximum atomic E-state index is 12.6. The summed E-state index contributed by atoms with van der Waals surface area (Å²) in [7, 11) is -1.24. The SMILES string of the molecule is COP(=O)(OC)[C@@H](c1ccccc1Cl)C(C#N)C#N. The molecule has 0 heterocycles. The largest absolute Gasteiger partial charge is 0.340 e. The molecule has 0 spiro atoms. The van der Waals surface area contributed by atoms with Crippen molar-refractivity contribution in [2.75, 3.05) is 14.2 Å². The van der Waals surface area contributed by atoms with Gasteiger partial charge < -0.3 is 9.05 Å². The first kappa shape index (κ1) is 15.7. The lowest BCUT2D eigenvalue weighted by Gasteiger charge is -2.25. The van der Waals surface area contributed by atoms with E-state index >= 15 is 0 Å². The Morgan fingerprint density at radius 1 is 1.21 bits per heavy atom. The van der Waals surface area contributed by atoms with Crippen LogP contribution in [0.5, 0.6) is 0 Å². The number of halogens is 1. The van der Waals surface area contributed by atoms with Gasteiger partial charge in [0.2, 0.25) is 0 Å². The van der Waals surface area contributed by atoms with Crippen molar-refractivity contribution in [1.82, 2.24) is 0 Å². The van der Waals surface area contributed by atoms with Gasteiger partial charge in [0.25, 0.3) is 0 Å². The van der Waals surface area contributed by atoms with E-state index in [0.717, 1.165) is 0 Å². The Morgan fingerprint density at radius 3 is 2.16 bits per heavy atom. The fraction of sp³-hybridized carbons (Fsp3) is 0.333. The van der Waals surface area contributed by atoms with Gasteiger partial charge in [0.15, 0.2) is 5.92 Å². The summed E-state index contributed by atoms with van der Waals surface area (Å²) in [4.78, 5) is 0. The van der Waals surface area contributed by atoms with Gasteiger partial charge in [0.05, 0.1) is 12.1 Å². The molecule has 0 aromatic heterocycles. The van der Waals surface area contributed by atoms with Crippen LogP contribution in [0, 0.1) is 28.6 Å². The third-order valence-electron chi connectivity index (χ3n) is 2.67. The fourth-order valence-electron chi connectivity index (χ4n) is 1.72. The summed E-state index contributed by atoms with van der Waals surface area (Å²) in [6.07, 6.45) is 0. The molecule has 19 heavy (non-hydrogen) atoms. The number of benzene rings is 1. The van der Waals surface area contributed by atoms with Crippen LogP contribution in [-0.4, -0.2) is 14.2 Å². The van der Waals surface area contributed by atoms with Gasteiger partial charge in [-0.05, 0) is 11.6 Å². The molecule has 0 fully saturated rings. The van der Waals surface area contributed by atoms with Gasteiger partial charge in [0, 0.05) is 19.2 Å². The summed E-state index contributed by atoms with van der Waals surface area (Å²) in [5, 5.41) is 18.4. The molecule has 0 saturated carbocycles. The zero-order valence-electron chi connectivity index (χ0n) is 10.4. The highest BCUT2D eigenvalue weighted by Gasteiger charge is 2.42. The van der Waals surface area contributed by atoms with Gasteiger partial charge in [-0.3, -0.25) is 4.57 Å². The molecule has 5 nitrogen and oxygen atoms in total. The van der Waals surface area contributed by atoms with Gasteiger partial charge in [-0.1, -0.05) is 29.8 Å². The van der Waals surface area contributed by atoms with E-state index in [1.54, 1.807) is 36.4 Å². The first-order valence-electron chi connectivity index (χ1n) is 5.29. The second kappa shape index (κ2) is 6.70. The molecule has 1 aromatic rings. The molecule has 1 aromatic carbocycles. The van der Waals surface area contributed by atoms with Crippen molar-refractivity contribution in [2.45, 2.75) is 5.66 Å². The molecule has 0 saturated heterocycles. The summed E-state index contributed by atoms with van der Waals surface area (Å²) >= 11 is 6.05. The van der Waals surface area contributed by atoms with Crippen molar-refractivity contribution in [3.8, 4) is 12.1 Å². The third kappa shape index (κ3) is 3.15. The Labute approximate surface area is 116 Å². The highest BCUT2D eigenvalue weighted by atomic mass is 35.5. The molecule has 0 aliphatic carbocycles. The van der Waals surface area contributed by atoms with Gasteiger partial charge in [-0.25, -0.2) is 0 Å². The van der Waals surface area contributed by atoms with Crippen LogP contribution in [0.25, 0.3) is 0 Å². The molecular formula is C12H12ClN2O3P. The molecule has 7 heteroatoms. The van der Waals surface area contributed by atoms with Crippen LogP contribution >= 0.6 is 19.2 Å². The molecule has 0 unspecified atom stereocenters. The van der Waals surface area contributed by atoms with Crippen molar-refractivity contribution in [3.05, 3.63) is 34.9 Å². The average Bonchev–Trinajstić information content (AvgIpc) is 2.45. The molecule has 0 bridgehead atoms. The number of nitriles is 2. The number of nitrogens with zero attached hydrogens (tertiary/aromatic N) is 2. The first-order chi connectivity index (χ1) is 9.03. The quantitative estimate of drug-likeness (QED) is 0.776. The maximum Gasteiger partial charge on any atom is 0.340 e. The zero-order chi connectivity index (χ0) is 14.5. The highest BCUT2D eigenvalue weighted by molar-refractivity contribution is 7.54. The summed E-state index contributed by atoms with van der Waals surface area (Å²) in [6, 6.07) is 10.2. The zero-order valence-corrected chi connectivity index (χ0v) is 12.1. The molecule has 1 atom stereocenters. The van der Waals surface area contributed by atoms with Gasteiger partial charge in [0.1, 0.15) is 5.66 Å². The third-order valence-corrected chi connectivity index (χ3v) is 5.29. The summed E-state index contributed by atoms with van der Waals surface area (Å²) in [6.45, 7) is 0. The van der Waals surface area contributed by atoms with Crippen LogP contribution in [-0.2, 0) is 13.6 Å². The molecular weight excluding hydrogens is 287 g/mol. The molecule has 0 N–H and O–H groups in total. The van der Waals surface area contributed by atoms with Gasteiger partial charge in [-0.15, -0.1) is 0 Å². The maximum absolute atomic E-state index is 12.6. The van der Waals surface area contributed by atoms with E-state index in [1.165, 1.54) is 14.2 Å². The molecule has 0 amide bonds. The Balaban J connectivity index is 3.46. The van der Waals surface area contributed by atoms with E-state index in [9.17, 15) is 4.57 Å². The summed E-state index contributed by atoms with van der Waals surface area (Å²) in [5.74, 6) is -1.19. The Bertz CT molecular complexity index is 557. The minimum Gasteiger partial charge on any atom is -0.311 e. The van der Waals surface area contributed by atoms with Crippen LogP contribution in [0.15, 0.2) is 24.3 Å². The van der Waals surface area contributed by atoms with Gasteiger partial charge in [-0.2, -0.15) is 10.5 Å². The van der Waals surface area contributed by atoms with Gasteiger partial charge >= 0.3 is 7.60 Å². The topological polar surface area (TPSA) is 83.1 Å². The van der Waals surface area contributed by atoms with Crippen LogP contribution in [0.2, 0.25) is 5.02 Å². The Hall–Kier alpha value is -1.36. The second-order valence-electron chi connectivity index (χ2n) is 3.61. The number of hydrogen-bond acceptors (Lipinski definition) is 5. The van der Waals surface area contributed by atoms with E-state index in [2.05, 4.69) is 0 Å². The average molecular weight is 299 g/mol. The van der Waals surface area contributed by atoms with Crippen LogP contribution in [0.3, 0.4) is 0 Å². The highest BCUT2D eigenvalue weighted by Crippen LogP contribution is 2.63. The number of hydrogen-bond donors (Lipinski definition) is 0. The van der Waals surface area contributed by atoms with E-state index < -0.39 is 19.2 Å². The van der Waals surface area contributed by atoms with E-state index in [-0.39, 0.29) is 0 Å². The Kier molecular flexibility index (Phi) is 5.54. The monoisotopic (exact) mass is 298 g/mol. The van der Waals surface area contributed by atoms with Crippen molar-refractivity contribution in [1.29, 1.82) is 10.5 Å². The normalized spacial score (nSPS) is 12.7. The molecule has 100 valence electrons. The van der Waals surface area contributed by atoms with Crippen LogP contribution < -0.4 is 0 Å². The summed E-state index contributed by atoms with van der Waals surface area (Å²) < 4.78 is 22.4.